The third kappa shape index (κ3) is 4.96. The van der Waals surface area contributed by atoms with Gasteiger partial charge in [-0.3, -0.25) is 9.59 Å². The number of fused-ring (bicyclic) bond motifs is 1. The van der Waals surface area contributed by atoms with Crippen molar-refractivity contribution in [1.29, 1.82) is 0 Å². The molecule has 0 radical (unpaired) electrons. The molecule has 0 bridgehead atoms. The molecule has 176 valence electrons. The van der Waals surface area contributed by atoms with Gasteiger partial charge in [-0.15, -0.1) is 0 Å². The minimum absolute atomic E-state index is 0.0199. The van der Waals surface area contributed by atoms with Crippen molar-refractivity contribution in [2.24, 2.45) is 11.7 Å². The number of amides is 1. The lowest BCUT2D eigenvalue weighted by atomic mass is 10.0. The van der Waals surface area contributed by atoms with Crippen molar-refractivity contribution < 1.29 is 14.2 Å². The minimum Gasteiger partial charge on any atom is -0.379 e. The third-order valence-electron chi connectivity index (χ3n) is 5.70. The van der Waals surface area contributed by atoms with Crippen LogP contribution in [-0.2, 0) is 11.3 Å². The van der Waals surface area contributed by atoms with Gasteiger partial charge in [-0.05, 0) is 66.1 Å². The van der Waals surface area contributed by atoms with Crippen molar-refractivity contribution in [2.75, 3.05) is 17.6 Å². The summed E-state index contributed by atoms with van der Waals surface area (Å²) in [5.74, 6) is 0.207. The number of nitrogens with two attached hydrogens (primary N) is 2. The normalized spacial score (nSPS) is 12.1. The molecule has 0 aliphatic carbocycles. The van der Waals surface area contributed by atoms with Gasteiger partial charge in [0.05, 0.1) is 17.6 Å². The van der Waals surface area contributed by atoms with Crippen molar-refractivity contribution in [3.05, 3.63) is 54.1 Å². The lowest BCUT2D eigenvalue weighted by molar-refractivity contribution is -0.119. The van der Waals surface area contributed by atoms with Crippen molar-refractivity contribution in [3.8, 4) is 11.5 Å². The summed E-state index contributed by atoms with van der Waals surface area (Å²) in [6.45, 7) is 2.54. The zero-order valence-electron chi connectivity index (χ0n) is 18.9. The van der Waals surface area contributed by atoms with Crippen molar-refractivity contribution >= 4 is 34.2 Å². The van der Waals surface area contributed by atoms with E-state index in [4.69, 9.17) is 16.1 Å². The Balaban J connectivity index is 1.50. The maximum absolute atomic E-state index is 13.1. The molecule has 34 heavy (non-hydrogen) atoms. The Bertz CT molecular complexity index is 1290. The van der Waals surface area contributed by atoms with E-state index in [1.165, 1.54) is 0 Å². The standard InChI is InChI=1S/C24H27N7O3/c1-15(6-4-5-13-25)24(33)27-17-11-9-16(10-12-17)20(32)14-31-19-8-3-2-7-18(19)28-23(31)21-22(26)30-34-29-21/h2-3,7-12,15H,4-6,13-14,25H2,1H3,(H2,26,30)(H,27,33)/t15-/m0/s1. The van der Waals surface area contributed by atoms with Crippen molar-refractivity contribution in [3.63, 3.8) is 0 Å². The van der Waals surface area contributed by atoms with Gasteiger partial charge >= 0.3 is 0 Å². The first-order valence-electron chi connectivity index (χ1n) is 11.2. The molecule has 0 saturated carbocycles. The summed E-state index contributed by atoms with van der Waals surface area (Å²) in [5.41, 5.74) is 14.3. The fourth-order valence-corrected chi connectivity index (χ4v) is 3.73. The van der Waals surface area contributed by atoms with E-state index < -0.39 is 0 Å². The largest absolute Gasteiger partial charge is 0.379 e. The molecule has 0 aliphatic heterocycles. The summed E-state index contributed by atoms with van der Waals surface area (Å²) >= 11 is 0. The van der Waals surface area contributed by atoms with Gasteiger partial charge in [0.2, 0.25) is 5.91 Å². The number of rotatable bonds is 10. The zero-order chi connectivity index (χ0) is 24.1. The summed E-state index contributed by atoms with van der Waals surface area (Å²) in [5, 5.41) is 10.4. The molecule has 4 aromatic rings. The highest BCUT2D eigenvalue weighted by molar-refractivity contribution is 5.98. The number of nitrogens with zero attached hydrogens (tertiary/aromatic N) is 4. The van der Waals surface area contributed by atoms with Crippen LogP contribution in [-0.4, -0.2) is 38.1 Å². The predicted octanol–water partition coefficient (Wildman–Crippen LogP) is 3.26. The van der Waals surface area contributed by atoms with Crippen LogP contribution in [0.2, 0.25) is 0 Å². The number of para-hydroxylation sites is 2. The summed E-state index contributed by atoms with van der Waals surface area (Å²) in [7, 11) is 0. The van der Waals surface area contributed by atoms with Crippen LogP contribution in [0.15, 0.2) is 53.2 Å². The zero-order valence-corrected chi connectivity index (χ0v) is 18.9. The van der Waals surface area contributed by atoms with Gasteiger partial charge in [-0.2, -0.15) is 0 Å². The lowest BCUT2D eigenvalue weighted by Crippen LogP contribution is -2.20. The maximum Gasteiger partial charge on any atom is 0.227 e. The smallest absolute Gasteiger partial charge is 0.227 e. The number of ketones is 1. The van der Waals surface area contributed by atoms with Crippen molar-refractivity contribution in [1.82, 2.24) is 19.9 Å². The number of nitrogens with one attached hydrogen (secondary N) is 1. The molecular formula is C24H27N7O3. The van der Waals surface area contributed by atoms with Gasteiger partial charge in [0, 0.05) is 17.2 Å². The molecule has 0 spiro atoms. The maximum atomic E-state index is 13.1. The number of anilines is 2. The number of imidazole rings is 1. The number of aromatic nitrogens is 4. The average molecular weight is 462 g/mol. The van der Waals surface area contributed by atoms with Gasteiger partial charge in [0.25, 0.3) is 0 Å². The highest BCUT2D eigenvalue weighted by Crippen LogP contribution is 2.27. The Kier molecular flexibility index (Phi) is 6.98. The lowest BCUT2D eigenvalue weighted by Gasteiger charge is -2.12. The van der Waals surface area contributed by atoms with Gasteiger partial charge in [-0.1, -0.05) is 25.5 Å². The fourth-order valence-electron chi connectivity index (χ4n) is 3.73. The number of hydrogen-bond donors (Lipinski definition) is 3. The quantitative estimate of drug-likeness (QED) is 0.240. The van der Waals surface area contributed by atoms with E-state index >= 15 is 0 Å². The van der Waals surface area contributed by atoms with Crippen LogP contribution < -0.4 is 16.8 Å². The number of Topliss-reactive ketones (excluding diaryl/α,β-unsaturated/α-hetero) is 1. The van der Waals surface area contributed by atoms with E-state index in [0.29, 0.717) is 29.1 Å². The van der Waals surface area contributed by atoms with E-state index in [0.717, 1.165) is 24.8 Å². The number of nitrogen functional groups attached to an aromatic ring is 1. The molecule has 2 aromatic heterocycles. The van der Waals surface area contributed by atoms with Crippen LogP contribution in [0.4, 0.5) is 11.5 Å². The first kappa shape index (κ1) is 23.1. The second-order valence-electron chi connectivity index (χ2n) is 8.18. The Morgan fingerprint density at radius 3 is 2.56 bits per heavy atom. The van der Waals surface area contributed by atoms with Gasteiger partial charge in [-0.25, -0.2) is 9.61 Å². The van der Waals surface area contributed by atoms with E-state index in [9.17, 15) is 9.59 Å². The molecule has 1 atom stereocenters. The Morgan fingerprint density at radius 1 is 1.09 bits per heavy atom. The van der Waals surface area contributed by atoms with E-state index in [2.05, 4.69) is 20.6 Å². The summed E-state index contributed by atoms with van der Waals surface area (Å²) < 4.78 is 6.47. The molecule has 10 nitrogen and oxygen atoms in total. The van der Waals surface area contributed by atoms with Crippen LogP contribution in [0.25, 0.3) is 22.6 Å². The van der Waals surface area contributed by atoms with E-state index in [1.807, 2.05) is 31.2 Å². The highest BCUT2D eigenvalue weighted by atomic mass is 16.6. The topological polar surface area (TPSA) is 155 Å². The first-order valence-corrected chi connectivity index (χ1v) is 11.2. The Labute approximate surface area is 196 Å². The monoisotopic (exact) mass is 461 g/mol. The number of unbranched alkanes of at least 4 members (excludes halogenated alkanes) is 1. The van der Waals surface area contributed by atoms with Gasteiger partial charge in [0.1, 0.15) is 0 Å². The second-order valence-corrected chi connectivity index (χ2v) is 8.18. The Morgan fingerprint density at radius 2 is 1.85 bits per heavy atom. The molecule has 10 heteroatoms. The van der Waals surface area contributed by atoms with Crippen molar-refractivity contribution in [2.45, 2.75) is 32.7 Å². The number of hydrogen-bond acceptors (Lipinski definition) is 8. The molecule has 1 amide bonds. The molecular weight excluding hydrogens is 434 g/mol. The number of carbonyl (C=O) groups excluding carboxylic acids is 2. The van der Waals surface area contributed by atoms with Crippen LogP contribution in [0.5, 0.6) is 0 Å². The summed E-state index contributed by atoms with van der Waals surface area (Å²) in [6.07, 6.45) is 2.61. The highest BCUT2D eigenvalue weighted by Gasteiger charge is 2.21. The summed E-state index contributed by atoms with van der Waals surface area (Å²) in [6, 6.07) is 14.3. The SMILES string of the molecule is C[C@@H](CCCCN)C(=O)Nc1ccc(C(=O)Cn2c(-c3nonc3N)nc3ccccc32)cc1. The van der Waals surface area contributed by atoms with Crippen LogP contribution in [0, 0.1) is 5.92 Å². The molecule has 4 rings (SSSR count). The Hall–Kier alpha value is -4.05. The molecule has 0 saturated heterocycles. The van der Waals surface area contributed by atoms with Gasteiger partial charge < -0.3 is 21.4 Å². The predicted molar refractivity (Wildman–Crippen MR) is 129 cm³/mol. The fraction of sp³-hybridized carbons (Fsp3) is 0.292. The van der Waals surface area contributed by atoms with E-state index in [1.54, 1.807) is 28.8 Å². The van der Waals surface area contributed by atoms with Crippen LogP contribution in [0.3, 0.4) is 0 Å². The molecule has 0 fully saturated rings. The molecule has 0 aliphatic rings. The average Bonchev–Trinajstić information content (AvgIpc) is 3.42. The van der Waals surface area contributed by atoms with E-state index in [-0.39, 0.29) is 35.7 Å². The number of benzene rings is 2. The first-order chi connectivity index (χ1) is 16.5. The second kappa shape index (κ2) is 10.3. The molecule has 2 aromatic carbocycles. The van der Waals surface area contributed by atoms with Gasteiger partial charge in [0.15, 0.2) is 23.1 Å². The molecule has 0 unspecified atom stereocenters. The summed E-state index contributed by atoms with van der Waals surface area (Å²) in [4.78, 5) is 30.1. The molecule has 2 heterocycles. The van der Waals surface area contributed by atoms with Crippen LogP contribution >= 0.6 is 0 Å². The molecule has 5 N–H and O–H groups in total. The number of carbonyl (C=O) groups is 2. The third-order valence-corrected chi connectivity index (χ3v) is 5.70. The van der Waals surface area contributed by atoms with Crippen LogP contribution in [0.1, 0.15) is 36.5 Å². The minimum atomic E-state index is -0.132.